The van der Waals surface area contributed by atoms with Crippen LogP contribution in [0.15, 0.2) is 53.8 Å². The molecule has 7 heteroatoms. The van der Waals surface area contributed by atoms with Crippen molar-refractivity contribution in [1.82, 2.24) is 9.38 Å². The van der Waals surface area contributed by atoms with Gasteiger partial charge in [0.15, 0.2) is 16.5 Å². The van der Waals surface area contributed by atoms with Crippen molar-refractivity contribution in [3.05, 3.63) is 75.1 Å². The van der Waals surface area contributed by atoms with E-state index in [1.165, 1.54) is 18.3 Å². The van der Waals surface area contributed by atoms with Crippen LogP contribution in [-0.4, -0.2) is 22.0 Å². The molecule has 2 heterocycles. The maximum Gasteiger partial charge on any atom is 0.308 e. The Morgan fingerprint density at radius 2 is 2.10 bits per heavy atom. The smallest absolute Gasteiger partial charge is 0.308 e. The van der Waals surface area contributed by atoms with Gasteiger partial charge in [0.05, 0.1) is 22.2 Å². The molecule has 4 rings (SSSR count). The Morgan fingerprint density at radius 1 is 1.30 bits per heavy atom. The summed E-state index contributed by atoms with van der Waals surface area (Å²) in [5.74, 6) is 0.416. The summed E-state index contributed by atoms with van der Waals surface area (Å²) in [5, 5.41) is 0. The lowest BCUT2D eigenvalue weighted by atomic mass is 10.1. The van der Waals surface area contributed by atoms with E-state index >= 15 is 0 Å². The minimum absolute atomic E-state index is 0.115. The monoisotopic (exact) mass is 420 g/mol. The Balaban J connectivity index is 1.90. The number of fused-ring (bicyclic) bond motifs is 3. The number of hydrogen-bond acceptors (Lipinski definition) is 6. The van der Waals surface area contributed by atoms with Crippen molar-refractivity contribution >= 4 is 39.4 Å². The highest BCUT2D eigenvalue weighted by molar-refractivity contribution is 7.15. The summed E-state index contributed by atoms with van der Waals surface area (Å²) in [5.41, 5.74) is 3.01. The molecule has 0 aliphatic carbocycles. The number of para-hydroxylation sites is 2. The van der Waals surface area contributed by atoms with Gasteiger partial charge in [-0.25, -0.2) is 9.38 Å². The normalized spacial score (nSPS) is 11.9. The number of carbonyl (C=O) groups excluding carboxylic acids is 1. The summed E-state index contributed by atoms with van der Waals surface area (Å²) in [6.07, 6.45) is 4.03. The molecule has 0 aliphatic rings. The van der Waals surface area contributed by atoms with Crippen LogP contribution in [0.3, 0.4) is 0 Å². The number of carbonyl (C=O) groups is 1. The largest absolute Gasteiger partial charge is 0.490 e. The first-order valence-corrected chi connectivity index (χ1v) is 10.3. The second-order valence-corrected chi connectivity index (χ2v) is 7.67. The molecule has 0 saturated heterocycles. The predicted octanol–water partition coefficient (Wildman–Crippen LogP) is 3.51. The van der Waals surface area contributed by atoms with Gasteiger partial charge in [-0.2, -0.15) is 0 Å². The van der Waals surface area contributed by atoms with Gasteiger partial charge >= 0.3 is 5.97 Å². The van der Waals surface area contributed by atoms with Gasteiger partial charge < -0.3 is 9.47 Å². The molecule has 2 aromatic heterocycles. The lowest BCUT2D eigenvalue weighted by Crippen LogP contribution is -2.22. The standard InChI is InChI=1S/C23H20N2O4S/c1-4-8-16-11-15(12-19(28-5-2)21(16)29-14(3)26)13-20-22(27)25-18-10-7-6-9-17(18)24-23(25)30-20/h4,6-7,9-13H,1,5,8H2,2-3H3. The SMILES string of the molecule is C=CCc1cc(C=c2sc3nc4ccccc4n3c2=O)cc(OCC)c1OC(C)=O. The molecule has 0 saturated carbocycles. The number of thiazole rings is 1. The number of allylic oxidation sites excluding steroid dienone is 1. The molecule has 0 N–H and O–H groups in total. The zero-order valence-electron chi connectivity index (χ0n) is 16.7. The summed E-state index contributed by atoms with van der Waals surface area (Å²) in [4.78, 5) is 29.8. The minimum atomic E-state index is -0.425. The molecular weight excluding hydrogens is 400 g/mol. The fourth-order valence-corrected chi connectivity index (χ4v) is 4.35. The quantitative estimate of drug-likeness (QED) is 0.271. The molecular formula is C23H20N2O4S. The van der Waals surface area contributed by atoms with Crippen LogP contribution in [0.25, 0.3) is 22.1 Å². The van der Waals surface area contributed by atoms with E-state index < -0.39 is 5.97 Å². The van der Waals surface area contributed by atoms with E-state index in [0.29, 0.717) is 34.0 Å². The van der Waals surface area contributed by atoms with Crippen LogP contribution in [0, 0.1) is 0 Å². The summed E-state index contributed by atoms with van der Waals surface area (Å²) in [6.45, 7) is 7.40. The highest BCUT2D eigenvalue weighted by Crippen LogP contribution is 2.34. The molecule has 4 aromatic rings. The molecule has 2 aromatic carbocycles. The first-order chi connectivity index (χ1) is 14.5. The molecule has 0 spiro atoms. The van der Waals surface area contributed by atoms with Crippen LogP contribution in [0.4, 0.5) is 0 Å². The molecule has 0 amide bonds. The number of imidazole rings is 1. The first kappa shape index (κ1) is 19.8. The topological polar surface area (TPSA) is 69.9 Å². The minimum Gasteiger partial charge on any atom is -0.490 e. The van der Waals surface area contributed by atoms with Crippen LogP contribution < -0.4 is 19.6 Å². The fourth-order valence-electron chi connectivity index (χ4n) is 3.36. The van der Waals surface area contributed by atoms with Crippen molar-refractivity contribution < 1.29 is 14.3 Å². The number of nitrogens with zero attached hydrogens (tertiary/aromatic N) is 2. The lowest BCUT2D eigenvalue weighted by Gasteiger charge is -2.14. The Bertz CT molecular complexity index is 1380. The predicted molar refractivity (Wildman–Crippen MR) is 118 cm³/mol. The molecule has 0 unspecified atom stereocenters. The molecule has 0 atom stereocenters. The maximum atomic E-state index is 13.0. The van der Waals surface area contributed by atoms with Gasteiger partial charge in [-0.15, -0.1) is 6.58 Å². The molecule has 6 nitrogen and oxygen atoms in total. The second-order valence-electron chi connectivity index (χ2n) is 6.66. The average molecular weight is 420 g/mol. The summed E-state index contributed by atoms with van der Waals surface area (Å²) < 4.78 is 13.3. The van der Waals surface area contributed by atoms with E-state index in [1.807, 2.05) is 43.3 Å². The second kappa shape index (κ2) is 8.12. The molecule has 0 radical (unpaired) electrons. The number of rotatable bonds is 6. The van der Waals surface area contributed by atoms with Crippen molar-refractivity contribution in [2.45, 2.75) is 20.3 Å². The molecule has 0 aliphatic heterocycles. The molecule has 152 valence electrons. The van der Waals surface area contributed by atoms with Gasteiger partial charge in [-0.1, -0.05) is 29.5 Å². The number of ether oxygens (including phenoxy) is 2. The van der Waals surface area contributed by atoms with E-state index in [0.717, 1.165) is 22.2 Å². The molecule has 0 fully saturated rings. The Kier molecular flexibility index (Phi) is 5.37. The van der Waals surface area contributed by atoms with Crippen molar-refractivity contribution in [2.75, 3.05) is 6.61 Å². The number of hydrogen-bond donors (Lipinski definition) is 0. The van der Waals surface area contributed by atoms with Crippen LogP contribution >= 0.6 is 11.3 Å². The van der Waals surface area contributed by atoms with Crippen molar-refractivity contribution in [3.63, 3.8) is 0 Å². The van der Waals surface area contributed by atoms with Crippen LogP contribution in [-0.2, 0) is 11.2 Å². The average Bonchev–Trinajstić information content (AvgIpc) is 3.21. The van der Waals surface area contributed by atoms with Crippen molar-refractivity contribution in [1.29, 1.82) is 0 Å². The zero-order valence-corrected chi connectivity index (χ0v) is 17.5. The third-order valence-corrected chi connectivity index (χ3v) is 5.48. The summed E-state index contributed by atoms with van der Waals surface area (Å²) in [6, 6.07) is 11.2. The van der Waals surface area contributed by atoms with Gasteiger partial charge in [0, 0.05) is 12.5 Å². The van der Waals surface area contributed by atoms with E-state index in [1.54, 1.807) is 16.5 Å². The van der Waals surface area contributed by atoms with Crippen molar-refractivity contribution in [2.24, 2.45) is 0 Å². The highest BCUT2D eigenvalue weighted by atomic mass is 32.1. The van der Waals surface area contributed by atoms with Gasteiger partial charge in [-0.05, 0) is 49.2 Å². The fraction of sp³-hybridized carbons (Fsp3) is 0.174. The number of benzene rings is 2. The summed E-state index contributed by atoms with van der Waals surface area (Å²) in [7, 11) is 0. The Morgan fingerprint density at radius 3 is 2.83 bits per heavy atom. The third-order valence-electron chi connectivity index (χ3n) is 4.51. The molecule has 30 heavy (non-hydrogen) atoms. The van der Waals surface area contributed by atoms with E-state index in [9.17, 15) is 9.59 Å². The maximum absolute atomic E-state index is 13.0. The van der Waals surface area contributed by atoms with Gasteiger partial charge in [-0.3, -0.25) is 9.59 Å². The molecule has 0 bridgehead atoms. The summed E-state index contributed by atoms with van der Waals surface area (Å²) >= 11 is 1.34. The van der Waals surface area contributed by atoms with E-state index in [-0.39, 0.29) is 5.56 Å². The van der Waals surface area contributed by atoms with Crippen LogP contribution in [0.1, 0.15) is 25.0 Å². The zero-order chi connectivity index (χ0) is 21.3. The number of esters is 1. The van der Waals surface area contributed by atoms with Crippen LogP contribution in [0.5, 0.6) is 11.5 Å². The Labute approximate surface area is 176 Å². The van der Waals surface area contributed by atoms with Gasteiger partial charge in [0.2, 0.25) is 0 Å². The number of aromatic nitrogens is 2. The van der Waals surface area contributed by atoms with Gasteiger partial charge in [0.1, 0.15) is 0 Å². The van der Waals surface area contributed by atoms with Gasteiger partial charge in [0.25, 0.3) is 5.56 Å². The first-order valence-electron chi connectivity index (χ1n) is 9.52. The highest BCUT2D eigenvalue weighted by Gasteiger charge is 2.16. The Hall–Kier alpha value is -3.45. The third kappa shape index (κ3) is 3.59. The van der Waals surface area contributed by atoms with E-state index in [4.69, 9.17) is 9.47 Å². The lowest BCUT2D eigenvalue weighted by molar-refractivity contribution is -0.132. The van der Waals surface area contributed by atoms with Crippen LogP contribution in [0.2, 0.25) is 0 Å². The van der Waals surface area contributed by atoms with E-state index in [2.05, 4.69) is 11.6 Å². The van der Waals surface area contributed by atoms with Crippen molar-refractivity contribution in [3.8, 4) is 11.5 Å².